The first-order valence-electron chi connectivity index (χ1n) is 12.9. The van der Waals surface area contributed by atoms with E-state index >= 15 is 0 Å². The van der Waals surface area contributed by atoms with Crippen LogP contribution in [-0.4, -0.2) is 40.5 Å². The number of amides is 3. The van der Waals surface area contributed by atoms with Gasteiger partial charge in [0.25, 0.3) is 5.91 Å². The summed E-state index contributed by atoms with van der Waals surface area (Å²) in [6.07, 6.45) is -0.0521. The lowest BCUT2D eigenvalue weighted by Gasteiger charge is -2.38. The molecular weight excluding hydrogens is 466 g/mol. The number of nitrogens with one attached hydrogen (secondary N) is 2. The fourth-order valence-electron chi connectivity index (χ4n) is 4.32. The molecule has 7 nitrogen and oxygen atoms in total. The Morgan fingerprint density at radius 1 is 0.946 bits per heavy atom. The van der Waals surface area contributed by atoms with E-state index in [-0.39, 0.29) is 17.9 Å². The zero-order valence-corrected chi connectivity index (χ0v) is 24.0. The van der Waals surface area contributed by atoms with Gasteiger partial charge < -0.3 is 20.3 Å². The molecule has 37 heavy (non-hydrogen) atoms. The lowest BCUT2D eigenvalue weighted by atomic mass is 9.94. The number of carbonyl (C=O) groups excluding carboxylic acids is 3. The van der Waals surface area contributed by atoms with Gasteiger partial charge in [-0.15, -0.1) is 0 Å². The highest BCUT2D eigenvalue weighted by molar-refractivity contribution is 6.00. The van der Waals surface area contributed by atoms with Gasteiger partial charge in [0.1, 0.15) is 17.7 Å². The average Bonchev–Trinajstić information content (AvgIpc) is 2.78. The summed E-state index contributed by atoms with van der Waals surface area (Å²) in [4.78, 5) is 42.0. The summed E-state index contributed by atoms with van der Waals surface area (Å²) in [6.45, 7) is 18.6. The van der Waals surface area contributed by atoms with Crippen molar-refractivity contribution in [2.75, 3.05) is 5.32 Å². The number of alkyl carbamates (subject to hydrolysis) is 1. The molecule has 7 heteroatoms. The molecule has 0 fully saturated rings. The monoisotopic (exact) mass is 509 g/mol. The van der Waals surface area contributed by atoms with Gasteiger partial charge in [-0.25, -0.2) is 4.79 Å². The number of nitrogens with zero attached hydrogens (tertiary/aromatic N) is 1. The Labute approximate surface area is 222 Å². The van der Waals surface area contributed by atoms with Crippen molar-refractivity contribution in [2.24, 2.45) is 0 Å². The van der Waals surface area contributed by atoms with Gasteiger partial charge in [-0.1, -0.05) is 48.9 Å². The maximum Gasteiger partial charge on any atom is 0.408 e. The normalized spacial score (nSPS) is 13.8. The first-order chi connectivity index (χ1) is 17.2. The number of aryl methyl sites for hydroxylation is 4. The second-order valence-corrected chi connectivity index (χ2v) is 10.9. The number of anilines is 1. The molecule has 2 N–H and O–H groups in total. The van der Waals surface area contributed by atoms with Crippen molar-refractivity contribution in [1.29, 1.82) is 0 Å². The van der Waals surface area contributed by atoms with E-state index in [1.807, 2.05) is 77.9 Å². The van der Waals surface area contributed by atoms with Crippen molar-refractivity contribution < 1.29 is 19.1 Å². The number of benzene rings is 2. The second-order valence-electron chi connectivity index (χ2n) is 10.9. The van der Waals surface area contributed by atoms with E-state index in [0.29, 0.717) is 6.42 Å². The molecule has 0 aliphatic heterocycles. The maximum atomic E-state index is 14.0. The fraction of sp³-hybridized carbons (Fsp3) is 0.500. The van der Waals surface area contributed by atoms with Gasteiger partial charge in [0.05, 0.1) is 0 Å². The minimum Gasteiger partial charge on any atom is -0.444 e. The molecule has 202 valence electrons. The summed E-state index contributed by atoms with van der Waals surface area (Å²) in [5, 5.41) is 5.75. The third-order valence-electron chi connectivity index (χ3n) is 6.40. The molecule has 3 atom stereocenters. The van der Waals surface area contributed by atoms with Gasteiger partial charge >= 0.3 is 6.09 Å². The Kier molecular flexibility index (Phi) is 9.90. The van der Waals surface area contributed by atoms with Crippen LogP contribution in [-0.2, 0) is 14.3 Å². The third-order valence-corrected chi connectivity index (χ3v) is 6.40. The molecule has 3 unspecified atom stereocenters. The minimum absolute atomic E-state index is 0.273. The Morgan fingerprint density at radius 2 is 1.54 bits per heavy atom. The van der Waals surface area contributed by atoms with E-state index in [9.17, 15) is 14.4 Å². The van der Waals surface area contributed by atoms with Crippen molar-refractivity contribution in [1.82, 2.24) is 10.2 Å². The Bertz CT molecular complexity index is 1120. The summed E-state index contributed by atoms with van der Waals surface area (Å²) in [5.74, 6) is -0.663. The molecule has 0 saturated carbocycles. The van der Waals surface area contributed by atoms with Crippen molar-refractivity contribution >= 4 is 23.6 Å². The molecule has 2 aromatic rings. The number of rotatable bonds is 8. The van der Waals surface area contributed by atoms with Crippen LogP contribution in [0.5, 0.6) is 0 Å². The molecule has 0 spiro atoms. The van der Waals surface area contributed by atoms with Crippen LogP contribution in [0.15, 0.2) is 36.4 Å². The van der Waals surface area contributed by atoms with Crippen molar-refractivity contribution in [3.05, 3.63) is 64.2 Å². The topological polar surface area (TPSA) is 87.7 Å². The zero-order chi connectivity index (χ0) is 28.1. The molecular formula is C30H43N3O4. The maximum absolute atomic E-state index is 14.0. The largest absolute Gasteiger partial charge is 0.444 e. The molecule has 0 aromatic heterocycles. The molecule has 0 aliphatic rings. The number of hydrogen-bond acceptors (Lipinski definition) is 4. The van der Waals surface area contributed by atoms with Gasteiger partial charge in [-0.3, -0.25) is 9.59 Å². The lowest BCUT2D eigenvalue weighted by molar-refractivity contribution is -0.143. The molecule has 3 amide bonds. The van der Waals surface area contributed by atoms with E-state index in [0.717, 1.165) is 33.5 Å². The summed E-state index contributed by atoms with van der Waals surface area (Å²) in [6, 6.07) is 9.63. The van der Waals surface area contributed by atoms with Crippen LogP contribution in [0.3, 0.4) is 0 Å². The highest BCUT2D eigenvalue weighted by Crippen LogP contribution is 2.31. The van der Waals surface area contributed by atoms with E-state index in [1.54, 1.807) is 32.6 Å². The summed E-state index contributed by atoms with van der Waals surface area (Å²) in [5.41, 5.74) is 4.64. The Balaban J connectivity index is 2.56. The molecule has 0 radical (unpaired) electrons. The number of ether oxygens (including phenoxy) is 1. The van der Waals surface area contributed by atoms with Crippen LogP contribution >= 0.6 is 0 Å². The van der Waals surface area contributed by atoms with Gasteiger partial charge in [-0.05, 0) is 91.0 Å². The predicted molar refractivity (Wildman–Crippen MR) is 149 cm³/mol. The SMILES string of the molecule is CCC(C)N(C(=O)C(C)NC(=O)OC(C)(C)C)C(C(=O)Nc1c(C)cccc1C)c1ccc(C)cc1C. The smallest absolute Gasteiger partial charge is 0.408 e. The lowest BCUT2D eigenvalue weighted by Crippen LogP contribution is -2.54. The highest BCUT2D eigenvalue weighted by atomic mass is 16.6. The van der Waals surface area contributed by atoms with Gasteiger partial charge in [0, 0.05) is 11.7 Å². The Hall–Kier alpha value is -3.35. The van der Waals surface area contributed by atoms with E-state index in [2.05, 4.69) is 10.6 Å². The zero-order valence-electron chi connectivity index (χ0n) is 24.0. The van der Waals surface area contributed by atoms with Gasteiger partial charge in [0.2, 0.25) is 5.91 Å². The van der Waals surface area contributed by atoms with Crippen molar-refractivity contribution in [3.63, 3.8) is 0 Å². The number of hydrogen-bond donors (Lipinski definition) is 2. The minimum atomic E-state index is -0.898. The summed E-state index contributed by atoms with van der Waals surface area (Å²) >= 11 is 0. The van der Waals surface area contributed by atoms with Crippen LogP contribution in [0.25, 0.3) is 0 Å². The van der Waals surface area contributed by atoms with Crippen molar-refractivity contribution in [3.8, 4) is 0 Å². The number of para-hydroxylation sites is 1. The molecule has 0 bridgehead atoms. The quantitative estimate of drug-likeness (QED) is 0.447. The van der Waals surface area contributed by atoms with Crippen molar-refractivity contribution in [2.45, 2.75) is 99.4 Å². The highest BCUT2D eigenvalue weighted by Gasteiger charge is 2.38. The Morgan fingerprint density at radius 3 is 2.05 bits per heavy atom. The molecule has 2 aromatic carbocycles. The third kappa shape index (κ3) is 7.81. The van der Waals surface area contributed by atoms with Crippen LogP contribution in [0.2, 0.25) is 0 Å². The fourth-order valence-corrected chi connectivity index (χ4v) is 4.32. The van der Waals surface area contributed by atoms with Crippen LogP contribution < -0.4 is 10.6 Å². The van der Waals surface area contributed by atoms with E-state index < -0.39 is 23.8 Å². The van der Waals surface area contributed by atoms with Crippen LogP contribution in [0, 0.1) is 27.7 Å². The predicted octanol–water partition coefficient (Wildman–Crippen LogP) is 6.14. The average molecular weight is 510 g/mol. The molecule has 0 aliphatic carbocycles. The van der Waals surface area contributed by atoms with Crippen LogP contribution in [0.1, 0.15) is 81.8 Å². The van der Waals surface area contributed by atoms with Gasteiger partial charge in [0.15, 0.2) is 0 Å². The van der Waals surface area contributed by atoms with E-state index in [1.165, 1.54) is 0 Å². The van der Waals surface area contributed by atoms with E-state index in [4.69, 9.17) is 4.74 Å². The standard InChI is InChI=1S/C30H43N3O4/c1-11-22(6)33(28(35)23(7)31-29(36)37-30(8,9)10)26(24-16-15-18(2)17-21(24)5)27(34)32-25-19(3)13-12-14-20(25)4/h12-17,22-23,26H,11H2,1-10H3,(H,31,36)(H,32,34). The first kappa shape index (κ1) is 29.9. The van der Waals surface area contributed by atoms with Crippen LogP contribution in [0.4, 0.5) is 10.5 Å². The number of carbonyl (C=O) groups is 3. The summed E-state index contributed by atoms with van der Waals surface area (Å²) in [7, 11) is 0. The molecule has 0 saturated heterocycles. The second kappa shape index (κ2) is 12.3. The first-order valence-corrected chi connectivity index (χ1v) is 12.9. The molecule has 0 heterocycles. The summed E-state index contributed by atoms with van der Waals surface area (Å²) < 4.78 is 5.36. The van der Waals surface area contributed by atoms with Gasteiger partial charge in [-0.2, -0.15) is 0 Å². The molecule has 2 rings (SSSR count).